The van der Waals surface area contributed by atoms with Crippen LogP contribution in [0.3, 0.4) is 0 Å². The van der Waals surface area contributed by atoms with Gasteiger partial charge in [0.15, 0.2) is 0 Å². The van der Waals surface area contributed by atoms with Gasteiger partial charge in [0.25, 0.3) is 0 Å². The summed E-state index contributed by atoms with van der Waals surface area (Å²) in [5, 5.41) is 13.5. The quantitative estimate of drug-likeness (QED) is 0.844. The first-order valence-electron chi connectivity index (χ1n) is 6.70. The molecule has 2 N–H and O–H groups in total. The number of benzene rings is 1. The Labute approximate surface area is 130 Å². The summed E-state index contributed by atoms with van der Waals surface area (Å²) in [5.74, 6) is 0. The molecule has 0 bridgehead atoms. The summed E-state index contributed by atoms with van der Waals surface area (Å²) in [6.07, 6.45) is -4.31. The van der Waals surface area contributed by atoms with Crippen LogP contribution in [0.15, 0.2) is 24.3 Å². The Morgan fingerprint density at radius 2 is 1.62 bits per heavy atom. The predicted molar refractivity (Wildman–Crippen MR) is 80.6 cm³/mol. The van der Waals surface area contributed by atoms with E-state index in [0.717, 1.165) is 18.6 Å². The van der Waals surface area contributed by atoms with Gasteiger partial charge in [-0.15, -0.1) is 12.4 Å². The molecule has 122 valence electrons. The van der Waals surface area contributed by atoms with E-state index >= 15 is 0 Å². The lowest BCUT2D eigenvalue weighted by molar-refractivity contribution is -0.137. The molecule has 1 aromatic carbocycles. The zero-order valence-electron chi connectivity index (χ0n) is 12.7. The van der Waals surface area contributed by atoms with Crippen LogP contribution in [0, 0.1) is 0 Å². The number of halogens is 4. The molecule has 0 aromatic heterocycles. The van der Waals surface area contributed by atoms with Gasteiger partial charge in [0.1, 0.15) is 0 Å². The molecule has 1 rings (SSSR count). The van der Waals surface area contributed by atoms with Crippen molar-refractivity contribution in [1.82, 2.24) is 5.32 Å². The molecule has 2 atom stereocenters. The third-order valence-electron chi connectivity index (χ3n) is 3.56. The summed E-state index contributed by atoms with van der Waals surface area (Å²) in [6.45, 7) is 7.88. The number of alkyl halides is 3. The van der Waals surface area contributed by atoms with Crippen LogP contribution in [0.2, 0.25) is 0 Å². The van der Waals surface area contributed by atoms with Gasteiger partial charge >= 0.3 is 6.18 Å². The maximum Gasteiger partial charge on any atom is 0.416 e. The summed E-state index contributed by atoms with van der Waals surface area (Å²) in [4.78, 5) is 0. The molecular weight excluding hydrogens is 303 g/mol. The van der Waals surface area contributed by atoms with Crippen LogP contribution < -0.4 is 5.32 Å². The Kier molecular flexibility index (Phi) is 7.20. The SMILES string of the molecule is CCC(C)(C)N[C@@H](C)[C@@H](O)c1ccc(C(F)(F)F)cc1.Cl. The zero-order valence-corrected chi connectivity index (χ0v) is 13.5. The first-order valence-corrected chi connectivity index (χ1v) is 6.70. The van der Waals surface area contributed by atoms with Crippen LogP contribution in [-0.4, -0.2) is 16.7 Å². The molecule has 0 saturated carbocycles. The highest BCUT2D eigenvalue weighted by molar-refractivity contribution is 5.85. The second-order valence-electron chi connectivity index (χ2n) is 5.74. The Bertz CT molecular complexity index is 432. The van der Waals surface area contributed by atoms with E-state index in [1.54, 1.807) is 0 Å². The molecule has 2 nitrogen and oxygen atoms in total. The van der Waals surface area contributed by atoms with Crippen molar-refractivity contribution in [3.63, 3.8) is 0 Å². The molecule has 0 aliphatic rings. The van der Waals surface area contributed by atoms with Gasteiger partial charge in [-0.05, 0) is 44.9 Å². The van der Waals surface area contributed by atoms with Gasteiger partial charge in [0.2, 0.25) is 0 Å². The molecule has 0 spiro atoms. The van der Waals surface area contributed by atoms with E-state index < -0.39 is 17.8 Å². The van der Waals surface area contributed by atoms with Crippen LogP contribution in [0.1, 0.15) is 51.3 Å². The van der Waals surface area contributed by atoms with Gasteiger partial charge < -0.3 is 10.4 Å². The fraction of sp³-hybridized carbons (Fsp3) is 0.600. The van der Waals surface area contributed by atoms with E-state index in [4.69, 9.17) is 0 Å². The molecule has 0 aliphatic heterocycles. The van der Waals surface area contributed by atoms with Gasteiger partial charge in [-0.3, -0.25) is 0 Å². The highest BCUT2D eigenvalue weighted by Crippen LogP contribution is 2.30. The normalized spacial score (nSPS) is 15.2. The van der Waals surface area contributed by atoms with Gasteiger partial charge in [0.05, 0.1) is 11.7 Å². The highest BCUT2D eigenvalue weighted by Gasteiger charge is 2.30. The monoisotopic (exact) mass is 325 g/mol. The van der Waals surface area contributed by atoms with Crippen molar-refractivity contribution < 1.29 is 18.3 Å². The smallest absolute Gasteiger partial charge is 0.387 e. The van der Waals surface area contributed by atoms with E-state index in [2.05, 4.69) is 5.32 Å². The second-order valence-corrected chi connectivity index (χ2v) is 5.74. The Morgan fingerprint density at radius 1 is 1.14 bits per heavy atom. The summed E-state index contributed by atoms with van der Waals surface area (Å²) < 4.78 is 37.4. The molecule has 0 amide bonds. The topological polar surface area (TPSA) is 32.3 Å². The minimum Gasteiger partial charge on any atom is -0.387 e. The first-order chi connectivity index (χ1) is 9.07. The zero-order chi connectivity index (χ0) is 15.6. The third kappa shape index (κ3) is 5.85. The molecule has 0 aliphatic carbocycles. The van der Waals surface area contributed by atoms with Crippen molar-refractivity contribution in [3.8, 4) is 0 Å². The predicted octanol–water partition coefficient (Wildman–Crippen LogP) is 4.33. The first kappa shape index (κ1) is 20.2. The van der Waals surface area contributed by atoms with E-state index in [1.807, 2.05) is 27.7 Å². The van der Waals surface area contributed by atoms with Crippen LogP contribution in [-0.2, 0) is 6.18 Å². The largest absolute Gasteiger partial charge is 0.416 e. The maximum absolute atomic E-state index is 12.5. The fourth-order valence-corrected chi connectivity index (χ4v) is 1.96. The summed E-state index contributed by atoms with van der Waals surface area (Å²) >= 11 is 0. The van der Waals surface area contributed by atoms with Gasteiger partial charge in [0, 0.05) is 11.6 Å². The van der Waals surface area contributed by atoms with Crippen molar-refractivity contribution in [3.05, 3.63) is 35.4 Å². The van der Waals surface area contributed by atoms with Gasteiger partial charge in [-0.1, -0.05) is 19.1 Å². The van der Waals surface area contributed by atoms with Crippen molar-refractivity contribution in [2.75, 3.05) is 0 Å². The molecule has 0 saturated heterocycles. The molecular formula is C15H23ClF3NO. The lowest BCUT2D eigenvalue weighted by Gasteiger charge is -2.31. The second kappa shape index (κ2) is 7.47. The summed E-state index contributed by atoms with van der Waals surface area (Å²) in [5.41, 5.74) is -0.361. The van der Waals surface area contributed by atoms with Crippen LogP contribution in [0.5, 0.6) is 0 Å². The molecule has 6 heteroatoms. The molecule has 0 radical (unpaired) electrons. The number of nitrogens with one attached hydrogen (secondary N) is 1. The summed E-state index contributed by atoms with van der Waals surface area (Å²) in [6, 6.07) is 4.39. The average Bonchev–Trinajstić information content (AvgIpc) is 2.36. The van der Waals surface area contributed by atoms with Crippen LogP contribution >= 0.6 is 12.4 Å². The minimum absolute atomic E-state index is 0. The Balaban J connectivity index is 0.00000400. The van der Waals surface area contributed by atoms with Crippen LogP contribution in [0.4, 0.5) is 13.2 Å². The van der Waals surface area contributed by atoms with E-state index in [-0.39, 0.29) is 24.0 Å². The van der Waals surface area contributed by atoms with Gasteiger partial charge in [-0.2, -0.15) is 13.2 Å². The molecule has 0 fully saturated rings. The lowest BCUT2D eigenvalue weighted by Crippen LogP contribution is -2.46. The number of hydrogen-bond acceptors (Lipinski definition) is 2. The maximum atomic E-state index is 12.5. The molecule has 0 heterocycles. The molecule has 0 unspecified atom stereocenters. The lowest BCUT2D eigenvalue weighted by atomic mass is 9.96. The van der Waals surface area contributed by atoms with E-state index in [9.17, 15) is 18.3 Å². The fourth-order valence-electron chi connectivity index (χ4n) is 1.96. The number of rotatable bonds is 5. The molecule has 1 aromatic rings. The summed E-state index contributed by atoms with van der Waals surface area (Å²) in [7, 11) is 0. The Hall–Kier alpha value is -0.780. The number of aliphatic hydroxyl groups is 1. The van der Waals surface area contributed by atoms with Crippen molar-refractivity contribution in [1.29, 1.82) is 0 Å². The highest BCUT2D eigenvalue weighted by atomic mass is 35.5. The van der Waals surface area contributed by atoms with Crippen LogP contribution in [0.25, 0.3) is 0 Å². The van der Waals surface area contributed by atoms with Crippen molar-refractivity contribution >= 4 is 12.4 Å². The number of hydrogen-bond donors (Lipinski definition) is 2. The van der Waals surface area contributed by atoms with E-state index in [1.165, 1.54) is 12.1 Å². The van der Waals surface area contributed by atoms with Crippen molar-refractivity contribution in [2.45, 2.75) is 58.0 Å². The average molecular weight is 326 g/mol. The van der Waals surface area contributed by atoms with Crippen molar-refractivity contribution in [2.24, 2.45) is 0 Å². The minimum atomic E-state index is -4.35. The standard InChI is InChI=1S/C15H22F3NO.ClH/c1-5-14(3,4)19-10(2)13(20)11-6-8-12(9-7-11)15(16,17)18;/h6-10,13,19-20H,5H2,1-4H3;1H/t10-,13+;/m0./s1. The van der Waals surface area contributed by atoms with Gasteiger partial charge in [-0.25, -0.2) is 0 Å². The number of aliphatic hydroxyl groups excluding tert-OH is 1. The molecule has 21 heavy (non-hydrogen) atoms. The third-order valence-corrected chi connectivity index (χ3v) is 3.56. The van der Waals surface area contributed by atoms with E-state index in [0.29, 0.717) is 5.56 Å². The Morgan fingerprint density at radius 3 is 2.00 bits per heavy atom.